The van der Waals surface area contributed by atoms with E-state index < -0.39 is 5.82 Å². The summed E-state index contributed by atoms with van der Waals surface area (Å²) in [4.78, 5) is 13.7. The molecule has 0 spiro atoms. The fourth-order valence-electron chi connectivity index (χ4n) is 1.60. The molecule has 0 heterocycles. The second-order valence-electron chi connectivity index (χ2n) is 4.28. The van der Waals surface area contributed by atoms with Crippen LogP contribution in [-0.4, -0.2) is 35.6 Å². The number of hydrogen-bond acceptors (Lipinski definition) is 3. The van der Waals surface area contributed by atoms with Crippen molar-refractivity contribution in [3.05, 3.63) is 35.1 Å². The molecular weight excluding hydrogens is 259 g/mol. The van der Waals surface area contributed by atoms with Crippen molar-refractivity contribution in [1.29, 1.82) is 5.26 Å². The standard InChI is InChI=1S/C15H15FN2O2/c1-11(7-8-17)18(2)15(20)14-6-5-13(16)10-12(14)4-3-9-19/h5-6,10-11,19H,7,9H2,1-2H3. The van der Waals surface area contributed by atoms with E-state index in [9.17, 15) is 9.18 Å². The topological polar surface area (TPSA) is 64.3 Å². The van der Waals surface area contributed by atoms with Crippen LogP contribution in [0.5, 0.6) is 0 Å². The first-order valence-electron chi connectivity index (χ1n) is 6.04. The average molecular weight is 274 g/mol. The van der Waals surface area contributed by atoms with Crippen LogP contribution in [0, 0.1) is 29.0 Å². The predicted molar refractivity (Wildman–Crippen MR) is 72.1 cm³/mol. The third-order valence-corrected chi connectivity index (χ3v) is 2.88. The van der Waals surface area contributed by atoms with Crippen molar-refractivity contribution >= 4 is 5.91 Å². The molecule has 0 aliphatic carbocycles. The number of aliphatic hydroxyl groups excluding tert-OH is 1. The van der Waals surface area contributed by atoms with E-state index in [1.807, 2.05) is 6.07 Å². The van der Waals surface area contributed by atoms with Gasteiger partial charge < -0.3 is 10.0 Å². The van der Waals surface area contributed by atoms with Gasteiger partial charge >= 0.3 is 0 Å². The quantitative estimate of drug-likeness (QED) is 0.850. The fourth-order valence-corrected chi connectivity index (χ4v) is 1.60. The summed E-state index contributed by atoms with van der Waals surface area (Å²) < 4.78 is 13.2. The molecule has 4 nitrogen and oxygen atoms in total. The summed E-state index contributed by atoms with van der Waals surface area (Å²) >= 11 is 0. The van der Waals surface area contributed by atoms with E-state index in [1.54, 1.807) is 14.0 Å². The minimum Gasteiger partial charge on any atom is -0.384 e. The number of hydrogen-bond donors (Lipinski definition) is 1. The molecule has 0 saturated heterocycles. The van der Waals surface area contributed by atoms with E-state index in [0.29, 0.717) is 0 Å². The summed E-state index contributed by atoms with van der Waals surface area (Å²) in [5.74, 6) is 4.11. The molecule has 20 heavy (non-hydrogen) atoms. The molecular formula is C15H15FN2O2. The first-order valence-corrected chi connectivity index (χ1v) is 6.04. The predicted octanol–water partition coefficient (Wildman–Crippen LogP) is 1.54. The Morgan fingerprint density at radius 3 is 2.85 bits per heavy atom. The molecule has 0 aliphatic rings. The van der Waals surface area contributed by atoms with Crippen molar-refractivity contribution in [2.45, 2.75) is 19.4 Å². The SMILES string of the molecule is CC(CC#N)N(C)C(=O)c1ccc(F)cc1C#CCO. The average Bonchev–Trinajstić information content (AvgIpc) is 2.44. The Morgan fingerprint density at radius 2 is 2.25 bits per heavy atom. The number of amides is 1. The van der Waals surface area contributed by atoms with Crippen LogP contribution in [0.2, 0.25) is 0 Å². The first kappa shape index (κ1) is 15.7. The van der Waals surface area contributed by atoms with E-state index in [4.69, 9.17) is 10.4 Å². The number of nitriles is 1. The number of halogens is 1. The summed E-state index contributed by atoms with van der Waals surface area (Å²) in [5, 5.41) is 17.4. The number of carbonyl (C=O) groups is 1. The Hall–Kier alpha value is -2.37. The summed E-state index contributed by atoms with van der Waals surface area (Å²) in [7, 11) is 1.58. The number of aliphatic hydroxyl groups is 1. The van der Waals surface area contributed by atoms with Crippen molar-refractivity contribution < 1.29 is 14.3 Å². The molecule has 0 aromatic heterocycles. The van der Waals surface area contributed by atoms with E-state index in [-0.39, 0.29) is 36.1 Å². The van der Waals surface area contributed by atoms with Crippen LogP contribution in [0.15, 0.2) is 18.2 Å². The number of carbonyl (C=O) groups excluding carboxylic acids is 1. The van der Waals surface area contributed by atoms with Gasteiger partial charge in [-0.25, -0.2) is 4.39 Å². The molecule has 1 aromatic rings. The zero-order valence-corrected chi connectivity index (χ0v) is 11.4. The fraction of sp³-hybridized carbons (Fsp3) is 0.333. The van der Waals surface area contributed by atoms with Gasteiger partial charge in [0.05, 0.1) is 18.1 Å². The van der Waals surface area contributed by atoms with Crippen LogP contribution in [0.25, 0.3) is 0 Å². The third kappa shape index (κ3) is 3.81. The largest absolute Gasteiger partial charge is 0.384 e. The van der Waals surface area contributed by atoms with Gasteiger partial charge in [-0.15, -0.1) is 0 Å². The highest BCUT2D eigenvalue weighted by atomic mass is 19.1. The Bertz CT molecular complexity index is 596. The first-order chi connectivity index (χ1) is 9.51. The Morgan fingerprint density at radius 1 is 1.55 bits per heavy atom. The molecule has 1 unspecified atom stereocenters. The Balaban J connectivity index is 3.12. The second kappa shape index (κ2) is 7.28. The molecule has 1 rings (SSSR count). The summed E-state index contributed by atoms with van der Waals surface area (Å²) in [6.07, 6.45) is 0.209. The molecule has 0 radical (unpaired) electrons. The van der Waals surface area contributed by atoms with Gasteiger partial charge in [0.1, 0.15) is 12.4 Å². The highest BCUT2D eigenvalue weighted by molar-refractivity contribution is 5.96. The summed E-state index contributed by atoms with van der Waals surface area (Å²) in [6, 6.07) is 5.43. The number of rotatable bonds is 3. The van der Waals surface area contributed by atoms with Crippen molar-refractivity contribution in [2.75, 3.05) is 13.7 Å². The van der Waals surface area contributed by atoms with Gasteiger partial charge in [-0.1, -0.05) is 11.8 Å². The summed E-state index contributed by atoms with van der Waals surface area (Å²) in [5.41, 5.74) is 0.472. The van der Waals surface area contributed by atoms with Crippen LogP contribution < -0.4 is 0 Å². The second-order valence-corrected chi connectivity index (χ2v) is 4.28. The lowest BCUT2D eigenvalue weighted by molar-refractivity contribution is 0.0746. The van der Waals surface area contributed by atoms with Crippen LogP contribution in [0.3, 0.4) is 0 Å². The molecule has 104 valence electrons. The number of benzene rings is 1. The molecule has 0 saturated carbocycles. The third-order valence-electron chi connectivity index (χ3n) is 2.88. The highest BCUT2D eigenvalue weighted by Crippen LogP contribution is 2.14. The minimum absolute atomic E-state index is 0.209. The van der Waals surface area contributed by atoms with Gasteiger partial charge in [0.25, 0.3) is 5.91 Å². The van der Waals surface area contributed by atoms with Crippen LogP contribution in [0.4, 0.5) is 4.39 Å². The Kier molecular flexibility index (Phi) is 5.71. The Labute approximate surface area is 117 Å². The van der Waals surface area contributed by atoms with E-state index in [1.165, 1.54) is 17.0 Å². The maximum absolute atomic E-state index is 13.2. The highest BCUT2D eigenvalue weighted by Gasteiger charge is 2.19. The molecule has 1 amide bonds. The molecule has 0 bridgehead atoms. The minimum atomic E-state index is -0.503. The van der Waals surface area contributed by atoms with Crippen molar-refractivity contribution in [2.24, 2.45) is 0 Å². The summed E-state index contributed by atoms with van der Waals surface area (Å²) in [6.45, 7) is 1.38. The van der Waals surface area contributed by atoms with Gasteiger partial charge in [0.2, 0.25) is 0 Å². The smallest absolute Gasteiger partial charge is 0.255 e. The zero-order chi connectivity index (χ0) is 15.1. The van der Waals surface area contributed by atoms with E-state index >= 15 is 0 Å². The van der Waals surface area contributed by atoms with Gasteiger partial charge in [-0.2, -0.15) is 5.26 Å². The number of nitrogens with zero attached hydrogens (tertiary/aromatic N) is 2. The monoisotopic (exact) mass is 274 g/mol. The lowest BCUT2D eigenvalue weighted by atomic mass is 10.1. The normalized spacial score (nSPS) is 10.9. The van der Waals surface area contributed by atoms with Crippen molar-refractivity contribution in [3.63, 3.8) is 0 Å². The molecule has 1 atom stereocenters. The van der Waals surface area contributed by atoms with Gasteiger partial charge in [0, 0.05) is 18.7 Å². The maximum Gasteiger partial charge on any atom is 0.255 e. The van der Waals surface area contributed by atoms with Gasteiger partial charge in [-0.3, -0.25) is 4.79 Å². The van der Waals surface area contributed by atoms with Crippen LogP contribution in [-0.2, 0) is 0 Å². The van der Waals surface area contributed by atoms with Crippen molar-refractivity contribution in [1.82, 2.24) is 4.90 Å². The van der Waals surface area contributed by atoms with E-state index in [0.717, 1.165) is 6.07 Å². The van der Waals surface area contributed by atoms with Gasteiger partial charge in [0.15, 0.2) is 0 Å². The van der Waals surface area contributed by atoms with Crippen LogP contribution in [0.1, 0.15) is 29.3 Å². The molecule has 5 heteroatoms. The molecule has 1 N–H and O–H groups in total. The molecule has 1 aromatic carbocycles. The molecule has 0 aliphatic heterocycles. The van der Waals surface area contributed by atoms with E-state index in [2.05, 4.69) is 11.8 Å². The maximum atomic E-state index is 13.2. The zero-order valence-electron chi connectivity index (χ0n) is 11.4. The van der Waals surface area contributed by atoms with Crippen LogP contribution >= 0.6 is 0 Å². The van der Waals surface area contributed by atoms with Gasteiger partial charge in [-0.05, 0) is 25.1 Å². The van der Waals surface area contributed by atoms with Crippen molar-refractivity contribution in [3.8, 4) is 17.9 Å². The lowest BCUT2D eigenvalue weighted by Gasteiger charge is -2.23. The lowest BCUT2D eigenvalue weighted by Crippen LogP contribution is -2.35. The molecule has 0 fully saturated rings.